The molecule has 21 heavy (non-hydrogen) atoms. The van der Waals surface area contributed by atoms with Crippen LogP contribution >= 0.6 is 0 Å². The molecule has 2 heterocycles. The van der Waals surface area contributed by atoms with Crippen molar-refractivity contribution in [3.8, 4) is 0 Å². The number of anilines is 1. The molecular formula is C16H21N3O2. The maximum Gasteiger partial charge on any atom is 0.230 e. The number of carbonyl (C=O) groups excluding carboxylic acids is 2. The molecule has 2 aliphatic rings. The van der Waals surface area contributed by atoms with E-state index in [4.69, 9.17) is 0 Å². The second kappa shape index (κ2) is 5.85. The molecule has 5 heteroatoms. The fourth-order valence-corrected chi connectivity index (χ4v) is 3.25. The molecule has 1 aromatic carbocycles. The third-order valence-electron chi connectivity index (χ3n) is 4.50. The number of carbonyl (C=O) groups is 2. The van der Waals surface area contributed by atoms with Crippen molar-refractivity contribution in [1.29, 1.82) is 0 Å². The van der Waals surface area contributed by atoms with Crippen LogP contribution in [0.5, 0.6) is 0 Å². The lowest BCUT2D eigenvalue weighted by Gasteiger charge is -2.35. The Labute approximate surface area is 124 Å². The molecule has 1 aromatic rings. The number of nitrogens with zero attached hydrogens (tertiary/aromatic N) is 1. The van der Waals surface area contributed by atoms with Gasteiger partial charge in [0.2, 0.25) is 11.8 Å². The first-order chi connectivity index (χ1) is 10.2. The lowest BCUT2D eigenvalue weighted by atomic mass is 9.88. The van der Waals surface area contributed by atoms with E-state index in [1.165, 1.54) is 0 Å². The molecule has 0 aliphatic carbocycles. The smallest absolute Gasteiger partial charge is 0.230 e. The summed E-state index contributed by atoms with van der Waals surface area (Å²) < 4.78 is 0. The van der Waals surface area contributed by atoms with E-state index in [-0.39, 0.29) is 30.2 Å². The lowest BCUT2D eigenvalue weighted by molar-refractivity contribution is -0.136. The molecule has 1 unspecified atom stereocenters. The number of piperidine rings is 1. The number of rotatable bonds is 2. The average molecular weight is 287 g/mol. The molecule has 1 saturated heterocycles. The normalized spacial score (nSPS) is 22.3. The third kappa shape index (κ3) is 2.78. The van der Waals surface area contributed by atoms with E-state index in [2.05, 4.69) is 10.6 Å². The van der Waals surface area contributed by atoms with Crippen LogP contribution in [0.1, 0.15) is 30.7 Å². The van der Waals surface area contributed by atoms with Crippen LogP contribution < -0.4 is 10.6 Å². The van der Waals surface area contributed by atoms with E-state index < -0.39 is 0 Å². The number of para-hydroxylation sites is 1. The molecule has 2 amide bonds. The van der Waals surface area contributed by atoms with Crippen LogP contribution in [0.3, 0.4) is 0 Å². The summed E-state index contributed by atoms with van der Waals surface area (Å²) in [6.07, 6.45) is 2.19. The van der Waals surface area contributed by atoms with Crippen LogP contribution in [-0.2, 0) is 9.59 Å². The van der Waals surface area contributed by atoms with Crippen molar-refractivity contribution in [2.24, 2.45) is 0 Å². The summed E-state index contributed by atoms with van der Waals surface area (Å²) in [6.45, 7) is 1.90. The highest BCUT2D eigenvalue weighted by Gasteiger charge is 2.34. The summed E-state index contributed by atoms with van der Waals surface area (Å²) >= 11 is 0. The van der Waals surface area contributed by atoms with E-state index in [0.29, 0.717) is 0 Å². The number of benzene rings is 1. The molecule has 2 N–H and O–H groups in total. The van der Waals surface area contributed by atoms with Crippen molar-refractivity contribution < 1.29 is 9.59 Å². The van der Waals surface area contributed by atoms with Gasteiger partial charge in [-0.3, -0.25) is 9.59 Å². The molecule has 1 fully saturated rings. The number of nitrogens with one attached hydrogen (secondary N) is 2. The summed E-state index contributed by atoms with van der Waals surface area (Å²) in [6, 6.07) is 7.87. The molecule has 1 atom stereocenters. The Hall–Kier alpha value is -1.88. The monoisotopic (exact) mass is 287 g/mol. The van der Waals surface area contributed by atoms with Crippen molar-refractivity contribution in [3.63, 3.8) is 0 Å². The summed E-state index contributed by atoms with van der Waals surface area (Å²) in [5, 5.41) is 6.15. The largest absolute Gasteiger partial charge is 0.342 e. The SMILES string of the molecule is CN(C(=O)C1CC(=O)Nc2ccccc21)C1CCNCC1. The lowest BCUT2D eigenvalue weighted by Crippen LogP contribution is -2.46. The van der Waals surface area contributed by atoms with E-state index in [1.54, 1.807) is 0 Å². The molecule has 112 valence electrons. The van der Waals surface area contributed by atoms with Crippen molar-refractivity contribution in [2.45, 2.75) is 31.2 Å². The molecule has 0 spiro atoms. The Balaban J connectivity index is 1.82. The number of fused-ring (bicyclic) bond motifs is 1. The molecule has 3 rings (SSSR count). The number of amides is 2. The molecular weight excluding hydrogens is 266 g/mol. The average Bonchev–Trinajstić information content (AvgIpc) is 2.53. The van der Waals surface area contributed by atoms with Crippen molar-refractivity contribution in [2.75, 3.05) is 25.5 Å². The Morgan fingerprint density at radius 2 is 1.95 bits per heavy atom. The Morgan fingerprint density at radius 1 is 1.24 bits per heavy atom. The zero-order valence-electron chi connectivity index (χ0n) is 12.3. The van der Waals surface area contributed by atoms with Crippen molar-refractivity contribution >= 4 is 17.5 Å². The van der Waals surface area contributed by atoms with Gasteiger partial charge in [-0.25, -0.2) is 0 Å². The number of hydrogen-bond acceptors (Lipinski definition) is 3. The summed E-state index contributed by atoms with van der Waals surface area (Å²) in [4.78, 5) is 26.5. The zero-order chi connectivity index (χ0) is 14.8. The molecule has 5 nitrogen and oxygen atoms in total. The first-order valence-corrected chi connectivity index (χ1v) is 7.53. The van der Waals surface area contributed by atoms with Crippen LogP contribution in [0.15, 0.2) is 24.3 Å². The molecule has 2 aliphatic heterocycles. The van der Waals surface area contributed by atoms with Gasteiger partial charge in [-0.1, -0.05) is 18.2 Å². The summed E-state index contributed by atoms with van der Waals surface area (Å²) in [5.41, 5.74) is 1.70. The minimum atomic E-state index is -0.352. The predicted molar refractivity (Wildman–Crippen MR) is 81.1 cm³/mol. The highest BCUT2D eigenvalue weighted by atomic mass is 16.2. The van der Waals surface area contributed by atoms with Gasteiger partial charge in [0, 0.05) is 25.2 Å². The van der Waals surface area contributed by atoms with E-state index in [1.807, 2.05) is 36.2 Å². The topological polar surface area (TPSA) is 61.4 Å². The Morgan fingerprint density at radius 3 is 2.71 bits per heavy atom. The fraction of sp³-hybridized carbons (Fsp3) is 0.500. The van der Waals surface area contributed by atoms with Crippen LogP contribution in [0.4, 0.5) is 5.69 Å². The maximum atomic E-state index is 12.8. The number of likely N-dealkylation sites (N-methyl/N-ethyl adjacent to an activating group) is 1. The third-order valence-corrected chi connectivity index (χ3v) is 4.50. The molecule has 0 saturated carbocycles. The minimum Gasteiger partial charge on any atom is -0.342 e. The zero-order valence-corrected chi connectivity index (χ0v) is 12.3. The minimum absolute atomic E-state index is 0.0594. The van der Waals surface area contributed by atoms with Gasteiger partial charge >= 0.3 is 0 Å². The second-order valence-electron chi connectivity index (χ2n) is 5.82. The fourth-order valence-electron chi connectivity index (χ4n) is 3.25. The Bertz CT molecular complexity index is 552. The van der Waals surface area contributed by atoms with Gasteiger partial charge in [0.25, 0.3) is 0 Å². The van der Waals surface area contributed by atoms with Gasteiger partial charge < -0.3 is 15.5 Å². The van der Waals surface area contributed by atoms with Crippen molar-refractivity contribution in [3.05, 3.63) is 29.8 Å². The van der Waals surface area contributed by atoms with Gasteiger partial charge in [-0.05, 0) is 37.6 Å². The first-order valence-electron chi connectivity index (χ1n) is 7.53. The van der Waals surface area contributed by atoms with Crippen LogP contribution in [0.25, 0.3) is 0 Å². The van der Waals surface area contributed by atoms with Crippen molar-refractivity contribution in [1.82, 2.24) is 10.2 Å². The van der Waals surface area contributed by atoms with E-state index >= 15 is 0 Å². The van der Waals surface area contributed by atoms with Gasteiger partial charge in [0.05, 0.1) is 5.92 Å². The quantitative estimate of drug-likeness (QED) is 0.862. The highest BCUT2D eigenvalue weighted by molar-refractivity contribution is 6.01. The standard InChI is InChI=1S/C16H21N3O2/c1-19(11-6-8-17-9-7-11)16(21)13-10-15(20)18-14-5-3-2-4-12(13)14/h2-5,11,13,17H,6-10H2,1H3,(H,18,20). The second-order valence-corrected chi connectivity index (χ2v) is 5.82. The van der Waals surface area contributed by atoms with Crippen LogP contribution in [0, 0.1) is 0 Å². The van der Waals surface area contributed by atoms with E-state index in [9.17, 15) is 9.59 Å². The summed E-state index contributed by atoms with van der Waals surface area (Å²) in [7, 11) is 1.87. The highest BCUT2D eigenvalue weighted by Crippen LogP contribution is 2.33. The van der Waals surface area contributed by atoms with Crippen LogP contribution in [-0.4, -0.2) is 42.9 Å². The van der Waals surface area contributed by atoms with Gasteiger partial charge in [-0.2, -0.15) is 0 Å². The van der Waals surface area contributed by atoms with E-state index in [0.717, 1.165) is 37.2 Å². The number of hydrogen-bond donors (Lipinski definition) is 2. The summed E-state index contributed by atoms with van der Waals surface area (Å²) in [5.74, 6) is -0.371. The first kappa shape index (κ1) is 14.1. The van der Waals surface area contributed by atoms with Crippen LogP contribution in [0.2, 0.25) is 0 Å². The predicted octanol–water partition coefficient (Wildman–Crippen LogP) is 1.32. The molecule has 0 aromatic heterocycles. The Kier molecular flexibility index (Phi) is 3.92. The van der Waals surface area contributed by atoms with Gasteiger partial charge in [0.1, 0.15) is 0 Å². The van der Waals surface area contributed by atoms with Gasteiger partial charge in [-0.15, -0.1) is 0 Å². The maximum absolute atomic E-state index is 12.8. The molecule has 0 radical (unpaired) electrons. The van der Waals surface area contributed by atoms with Gasteiger partial charge in [0.15, 0.2) is 0 Å². The molecule has 0 bridgehead atoms.